The second kappa shape index (κ2) is 5.88. The summed E-state index contributed by atoms with van der Waals surface area (Å²) >= 11 is 0. The van der Waals surface area contributed by atoms with Crippen molar-refractivity contribution in [2.75, 3.05) is 6.54 Å². The molecule has 2 fully saturated rings. The van der Waals surface area contributed by atoms with Gasteiger partial charge in [0.15, 0.2) is 0 Å². The van der Waals surface area contributed by atoms with E-state index in [0.29, 0.717) is 18.9 Å². The first-order valence-electron chi connectivity index (χ1n) is 7.86. The van der Waals surface area contributed by atoms with E-state index in [2.05, 4.69) is 5.32 Å². The van der Waals surface area contributed by atoms with Gasteiger partial charge in [0.2, 0.25) is 11.8 Å². The molecule has 4 nitrogen and oxygen atoms in total. The van der Waals surface area contributed by atoms with E-state index in [-0.39, 0.29) is 17.9 Å². The molecule has 0 bridgehead atoms. The number of benzene rings is 1. The second-order valence-electron chi connectivity index (χ2n) is 6.07. The van der Waals surface area contributed by atoms with Crippen molar-refractivity contribution in [2.24, 2.45) is 5.92 Å². The minimum Gasteiger partial charge on any atom is -0.342 e. The minimum atomic E-state index is -0.470. The summed E-state index contributed by atoms with van der Waals surface area (Å²) in [5, 5.41) is 2.87. The summed E-state index contributed by atoms with van der Waals surface area (Å²) in [5.74, 6) is 0.577. The zero-order chi connectivity index (χ0) is 14.8. The van der Waals surface area contributed by atoms with Crippen molar-refractivity contribution in [3.05, 3.63) is 35.9 Å². The Morgan fingerprint density at radius 3 is 2.48 bits per heavy atom. The molecule has 1 aromatic rings. The largest absolute Gasteiger partial charge is 0.342 e. The molecular formula is C17H22N2O2. The van der Waals surface area contributed by atoms with Crippen LogP contribution < -0.4 is 5.32 Å². The molecule has 0 spiro atoms. The average Bonchev–Trinajstić information content (AvgIpc) is 2.46. The van der Waals surface area contributed by atoms with Crippen LogP contribution in [-0.2, 0) is 9.59 Å². The fraction of sp³-hybridized carbons (Fsp3) is 0.529. The van der Waals surface area contributed by atoms with Gasteiger partial charge in [-0.25, -0.2) is 0 Å². The molecule has 1 aliphatic heterocycles. The Morgan fingerprint density at radius 1 is 1.19 bits per heavy atom. The molecule has 1 heterocycles. The molecule has 1 N–H and O–H groups in total. The van der Waals surface area contributed by atoms with Gasteiger partial charge in [-0.15, -0.1) is 0 Å². The van der Waals surface area contributed by atoms with E-state index < -0.39 is 6.04 Å². The number of carbonyl (C=O) groups excluding carboxylic acids is 2. The van der Waals surface area contributed by atoms with Crippen molar-refractivity contribution in [3.8, 4) is 0 Å². The lowest BCUT2D eigenvalue weighted by Crippen LogP contribution is -2.60. The minimum absolute atomic E-state index is 0.0491. The van der Waals surface area contributed by atoms with Gasteiger partial charge in [0.05, 0.1) is 0 Å². The number of hydrogen-bond acceptors (Lipinski definition) is 2. The van der Waals surface area contributed by atoms with E-state index in [9.17, 15) is 9.59 Å². The Morgan fingerprint density at radius 2 is 1.90 bits per heavy atom. The van der Waals surface area contributed by atoms with Crippen molar-refractivity contribution in [3.63, 3.8) is 0 Å². The fourth-order valence-corrected chi connectivity index (χ4v) is 3.17. The van der Waals surface area contributed by atoms with Crippen LogP contribution in [0, 0.1) is 5.92 Å². The van der Waals surface area contributed by atoms with Crippen LogP contribution in [0.5, 0.6) is 0 Å². The van der Waals surface area contributed by atoms with Crippen LogP contribution in [0.15, 0.2) is 30.3 Å². The Bertz CT molecular complexity index is 525. The lowest BCUT2D eigenvalue weighted by molar-refractivity contribution is -0.151. The summed E-state index contributed by atoms with van der Waals surface area (Å²) in [6.07, 6.45) is 4.23. The van der Waals surface area contributed by atoms with Crippen molar-refractivity contribution in [2.45, 2.75) is 44.7 Å². The summed E-state index contributed by atoms with van der Waals surface area (Å²) in [6.45, 7) is 2.65. The van der Waals surface area contributed by atoms with Crippen molar-refractivity contribution < 1.29 is 9.59 Å². The van der Waals surface area contributed by atoms with Gasteiger partial charge in [0, 0.05) is 6.54 Å². The van der Waals surface area contributed by atoms with Crippen LogP contribution in [0.3, 0.4) is 0 Å². The zero-order valence-electron chi connectivity index (χ0n) is 12.4. The second-order valence-corrected chi connectivity index (χ2v) is 6.07. The van der Waals surface area contributed by atoms with Crippen molar-refractivity contribution in [1.82, 2.24) is 10.2 Å². The summed E-state index contributed by atoms with van der Waals surface area (Å²) in [5.41, 5.74) is 0.900. The summed E-state index contributed by atoms with van der Waals surface area (Å²) in [6, 6.07) is 8.78. The van der Waals surface area contributed by atoms with Crippen LogP contribution in [-0.4, -0.2) is 29.3 Å². The highest BCUT2D eigenvalue weighted by Gasteiger charge is 2.41. The summed E-state index contributed by atoms with van der Waals surface area (Å²) in [4.78, 5) is 27.0. The van der Waals surface area contributed by atoms with Crippen LogP contribution >= 0.6 is 0 Å². The normalized spacial score (nSPS) is 26.4. The maximum absolute atomic E-state index is 12.7. The average molecular weight is 286 g/mol. The molecule has 0 radical (unpaired) electrons. The highest BCUT2D eigenvalue weighted by Crippen LogP contribution is 2.33. The Labute approximate surface area is 125 Å². The lowest BCUT2D eigenvalue weighted by Gasteiger charge is -2.42. The third-order valence-electron chi connectivity index (χ3n) is 4.66. The summed E-state index contributed by atoms with van der Waals surface area (Å²) in [7, 11) is 0. The summed E-state index contributed by atoms with van der Waals surface area (Å²) < 4.78 is 0. The van der Waals surface area contributed by atoms with Crippen LogP contribution in [0.1, 0.15) is 44.2 Å². The number of nitrogens with zero attached hydrogens (tertiary/aromatic N) is 1. The maximum Gasteiger partial charge on any atom is 0.248 e. The molecule has 3 rings (SSSR count). The Kier molecular flexibility index (Phi) is 3.95. The molecule has 1 aliphatic carbocycles. The first kappa shape index (κ1) is 14.1. The number of rotatable bonds is 4. The topological polar surface area (TPSA) is 49.4 Å². The van der Waals surface area contributed by atoms with E-state index in [1.54, 1.807) is 0 Å². The molecule has 1 saturated carbocycles. The van der Waals surface area contributed by atoms with Gasteiger partial charge in [-0.05, 0) is 30.7 Å². The predicted molar refractivity (Wildman–Crippen MR) is 80.5 cm³/mol. The molecule has 1 saturated heterocycles. The molecule has 112 valence electrons. The molecule has 4 heteroatoms. The molecule has 2 aliphatic rings. The SMILES string of the molecule is CCC1NC(=O)C(c2ccccc2)N(CC2CCC2)C1=O. The van der Waals surface area contributed by atoms with Gasteiger partial charge in [-0.2, -0.15) is 0 Å². The lowest BCUT2D eigenvalue weighted by atomic mass is 9.84. The van der Waals surface area contributed by atoms with Crippen LogP contribution in [0.25, 0.3) is 0 Å². The zero-order valence-corrected chi connectivity index (χ0v) is 12.4. The van der Waals surface area contributed by atoms with Crippen LogP contribution in [0.2, 0.25) is 0 Å². The smallest absolute Gasteiger partial charge is 0.248 e. The molecule has 1 aromatic carbocycles. The van der Waals surface area contributed by atoms with Gasteiger partial charge in [0.25, 0.3) is 0 Å². The molecule has 2 atom stereocenters. The first-order valence-corrected chi connectivity index (χ1v) is 7.86. The first-order chi connectivity index (χ1) is 10.2. The predicted octanol–water partition coefficient (Wildman–Crippen LogP) is 2.26. The van der Waals surface area contributed by atoms with E-state index in [1.807, 2.05) is 42.2 Å². The number of piperazine rings is 1. The third-order valence-corrected chi connectivity index (χ3v) is 4.66. The number of amides is 2. The monoisotopic (exact) mass is 286 g/mol. The Hall–Kier alpha value is -1.84. The fourth-order valence-electron chi connectivity index (χ4n) is 3.17. The molecule has 2 amide bonds. The van der Waals surface area contributed by atoms with Crippen molar-refractivity contribution >= 4 is 11.8 Å². The van der Waals surface area contributed by atoms with E-state index >= 15 is 0 Å². The van der Waals surface area contributed by atoms with Crippen molar-refractivity contribution in [1.29, 1.82) is 0 Å². The van der Waals surface area contributed by atoms with Crippen LogP contribution in [0.4, 0.5) is 0 Å². The van der Waals surface area contributed by atoms with Gasteiger partial charge in [0.1, 0.15) is 12.1 Å². The number of carbonyl (C=O) groups is 2. The van der Waals surface area contributed by atoms with Gasteiger partial charge in [-0.3, -0.25) is 9.59 Å². The number of hydrogen-bond donors (Lipinski definition) is 1. The quantitative estimate of drug-likeness (QED) is 0.923. The van der Waals surface area contributed by atoms with E-state index in [4.69, 9.17) is 0 Å². The molecular weight excluding hydrogens is 264 g/mol. The maximum atomic E-state index is 12.7. The van der Waals surface area contributed by atoms with Gasteiger partial charge >= 0.3 is 0 Å². The standard InChI is InChI=1S/C17H22N2O2/c1-2-14-17(21)19(11-12-7-6-8-12)15(16(20)18-14)13-9-4-3-5-10-13/h3-5,9-10,12,14-15H,2,6-8,11H2,1H3,(H,18,20). The molecule has 21 heavy (non-hydrogen) atoms. The van der Waals surface area contributed by atoms with Gasteiger partial charge in [-0.1, -0.05) is 43.7 Å². The molecule has 2 unspecified atom stereocenters. The van der Waals surface area contributed by atoms with E-state index in [1.165, 1.54) is 19.3 Å². The number of nitrogens with one attached hydrogen (secondary N) is 1. The van der Waals surface area contributed by atoms with E-state index in [0.717, 1.165) is 5.56 Å². The highest BCUT2D eigenvalue weighted by molar-refractivity contribution is 5.97. The van der Waals surface area contributed by atoms with Gasteiger partial charge < -0.3 is 10.2 Å². The molecule has 0 aromatic heterocycles. The Balaban J connectivity index is 1.89. The highest BCUT2D eigenvalue weighted by atomic mass is 16.2. The third kappa shape index (κ3) is 2.67.